The number of hydrogen-bond donors (Lipinski definition) is 1. The van der Waals surface area contributed by atoms with Crippen LogP contribution in [0.1, 0.15) is 30.9 Å². The third kappa shape index (κ3) is 4.52. The van der Waals surface area contributed by atoms with Crippen LogP contribution in [0, 0.1) is 10.1 Å². The van der Waals surface area contributed by atoms with Crippen molar-refractivity contribution >= 4 is 40.3 Å². The number of carbonyl (C=O) groups is 1. The largest absolute Gasteiger partial charge is 0.358 e. The van der Waals surface area contributed by atoms with Crippen LogP contribution in [-0.2, 0) is 4.79 Å². The molecule has 1 aliphatic rings. The van der Waals surface area contributed by atoms with E-state index in [1.54, 1.807) is 19.2 Å². The molecule has 1 aromatic carbocycles. The number of thiocarbonyl (C=S) groups is 1. The van der Waals surface area contributed by atoms with E-state index in [1.807, 2.05) is 0 Å². The fourth-order valence-electron chi connectivity index (χ4n) is 3.05. The predicted molar refractivity (Wildman–Crippen MR) is 100 cm³/mol. The molecule has 1 heterocycles. The second-order valence-corrected chi connectivity index (χ2v) is 7.21. The highest BCUT2D eigenvalue weighted by molar-refractivity contribution is 8.21. The third-order valence-corrected chi connectivity index (χ3v) is 5.43. The van der Waals surface area contributed by atoms with Gasteiger partial charge in [0.15, 0.2) is 0 Å². The topological polar surface area (TPSA) is 75.5 Å². The summed E-state index contributed by atoms with van der Waals surface area (Å²) in [5.74, 6) is -0.0879. The lowest BCUT2D eigenvalue weighted by atomic mass is 9.98. The fraction of sp³-hybridized carbons (Fsp3) is 0.500. The molecule has 8 heteroatoms. The summed E-state index contributed by atoms with van der Waals surface area (Å²) < 4.78 is 1.52. The maximum Gasteiger partial charge on any atom is 0.269 e. The Bertz CT molecular complexity index is 589. The monoisotopic (exact) mass is 367 g/mol. The molecule has 2 atom stereocenters. The van der Waals surface area contributed by atoms with Gasteiger partial charge in [-0.1, -0.05) is 30.8 Å². The summed E-state index contributed by atoms with van der Waals surface area (Å²) in [5.41, 5.74) is 0.954. The molecule has 0 aliphatic carbocycles. The number of nitro groups is 1. The van der Waals surface area contributed by atoms with Crippen LogP contribution in [0.25, 0.3) is 0 Å². The number of nitrogens with one attached hydrogen (secondary N) is 1. The molecule has 0 bridgehead atoms. The van der Waals surface area contributed by atoms with Crippen LogP contribution in [0.15, 0.2) is 24.3 Å². The van der Waals surface area contributed by atoms with Gasteiger partial charge in [0.05, 0.1) is 11.0 Å². The Kier molecular flexibility index (Phi) is 7.14. The minimum absolute atomic E-state index is 0.0510. The number of hydrogen-bond acceptors (Lipinski definition) is 6. The molecule has 0 aromatic heterocycles. The Balaban J connectivity index is 2.38. The maximum atomic E-state index is 12.4. The van der Waals surface area contributed by atoms with E-state index in [2.05, 4.69) is 10.2 Å². The molecule has 1 aromatic rings. The number of nitro benzene ring substituents is 1. The zero-order valence-electron chi connectivity index (χ0n) is 13.5. The number of carbonyl (C=O) groups excluding carboxylic acids is 1. The van der Waals surface area contributed by atoms with Crippen molar-refractivity contribution in [2.45, 2.75) is 30.6 Å². The zero-order chi connectivity index (χ0) is 17.5. The standard InChI is InChI=1S/C16H21N3O3S2/c1-17-16(20)15(24-11-23)14(18-9-3-2-4-10-18)12-5-7-13(8-6-12)19(21)22/h5-8,11,14-15H,2-4,9-10H2,1H3,(H,17,20). The van der Waals surface area contributed by atoms with Crippen LogP contribution < -0.4 is 5.32 Å². The van der Waals surface area contributed by atoms with Crippen molar-refractivity contribution in [3.05, 3.63) is 39.9 Å². The first kappa shape index (κ1) is 18.8. The van der Waals surface area contributed by atoms with Gasteiger partial charge in [-0.15, -0.1) is 11.8 Å². The van der Waals surface area contributed by atoms with Crippen molar-refractivity contribution in [2.24, 2.45) is 0 Å². The van der Waals surface area contributed by atoms with Crippen LogP contribution in [0.2, 0.25) is 0 Å². The number of nitrogens with zero attached hydrogens (tertiary/aromatic N) is 2. The van der Waals surface area contributed by atoms with Crippen molar-refractivity contribution in [1.82, 2.24) is 10.2 Å². The second-order valence-electron chi connectivity index (χ2n) is 5.66. The maximum absolute atomic E-state index is 12.4. The smallest absolute Gasteiger partial charge is 0.269 e. The molecule has 0 saturated carbocycles. The summed E-state index contributed by atoms with van der Waals surface area (Å²) in [7, 11) is 1.61. The number of amides is 1. The zero-order valence-corrected chi connectivity index (χ0v) is 15.1. The van der Waals surface area contributed by atoms with Gasteiger partial charge in [0, 0.05) is 23.9 Å². The van der Waals surface area contributed by atoms with Crippen LogP contribution >= 0.6 is 24.0 Å². The fourth-order valence-corrected chi connectivity index (χ4v) is 4.25. The van der Waals surface area contributed by atoms with Crippen LogP contribution in [0.5, 0.6) is 0 Å². The molecule has 1 saturated heterocycles. The number of piperidine rings is 1. The van der Waals surface area contributed by atoms with Gasteiger partial charge in [-0.2, -0.15) is 0 Å². The molecule has 0 spiro atoms. The summed E-state index contributed by atoms with van der Waals surface area (Å²) in [6.45, 7) is 1.82. The molecule has 2 rings (SSSR count). The number of rotatable bonds is 7. The minimum Gasteiger partial charge on any atom is -0.358 e. The second kappa shape index (κ2) is 9.10. The first-order valence-corrected chi connectivity index (χ1v) is 9.29. The first-order valence-electron chi connectivity index (χ1n) is 7.87. The molecular formula is C16H21N3O3S2. The number of likely N-dealkylation sites (tertiary alicyclic amines) is 1. The number of benzene rings is 1. The van der Waals surface area contributed by atoms with Gasteiger partial charge < -0.3 is 5.32 Å². The molecule has 0 radical (unpaired) electrons. The lowest BCUT2D eigenvalue weighted by molar-refractivity contribution is -0.384. The summed E-state index contributed by atoms with van der Waals surface area (Å²) in [6.07, 6.45) is 3.37. The Morgan fingerprint density at radius 1 is 1.33 bits per heavy atom. The molecule has 6 nitrogen and oxygen atoms in total. The van der Waals surface area contributed by atoms with Crippen molar-refractivity contribution < 1.29 is 9.72 Å². The molecular weight excluding hydrogens is 346 g/mol. The van der Waals surface area contributed by atoms with Gasteiger partial charge in [-0.3, -0.25) is 19.8 Å². The number of thioether (sulfide) groups is 1. The van der Waals surface area contributed by atoms with E-state index < -0.39 is 4.92 Å². The SMILES string of the molecule is CNC(=O)C(SC=S)C(c1ccc([N+](=O)[O-])cc1)N1CCCCC1. The van der Waals surface area contributed by atoms with Gasteiger partial charge >= 0.3 is 0 Å². The van der Waals surface area contributed by atoms with E-state index in [0.29, 0.717) is 0 Å². The van der Waals surface area contributed by atoms with E-state index in [1.165, 1.54) is 35.0 Å². The Hall–Kier alpha value is -1.51. The lowest BCUT2D eigenvalue weighted by Gasteiger charge is -2.38. The summed E-state index contributed by atoms with van der Waals surface area (Å²) in [5, 5.41) is 13.2. The van der Waals surface area contributed by atoms with E-state index in [9.17, 15) is 14.9 Å². The van der Waals surface area contributed by atoms with Crippen molar-refractivity contribution in [1.29, 1.82) is 0 Å². The molecule has 1 aliphatic heterocycles. The lowest BCUT2D eigenvalue weighted by Crippen LogP contribution is -2.44. The predicted octanol–water partition coefficient (Wildman–Crippen LogP) is 2.93. The molecule has 2 unspecified atom stereocenters. The molecule has 1 amide bonds. The normalized spacial score (nSPS) is 17.7. The van der Waals surface area contributed by atoms with Crippen LogP contribution in [0.3, 0.4) is 0 Å². The highest BCUT2D eigenvalue weighted by atomic mass is 32.2. The highest BCUT2D eigenvalue weighted by Crippen LogP contribution is 2.34. The minimum atomic E-state index is -0.415. The molecule has 1 N–H and O–H groups in total. The van der Waals surface area contributed by atoms with Crippen molar-refractivity contribution in [3.8, 4) is 0 Å². The van der Waals surface area contributed by atoms with Gasteiger partial charge in [-0.25, -0.2) is 0 Å². The van der Waals surface area contributed by atoms with Gasteiger partial charge in [0.25, 0.3) is 5.69 Å². The van der Waals surface area contributed by atoms with E-state index in [4.69, 9.17) is 12.2 Å². The van der Waals surface area contributed by atoms with E-state index in [0.717, 1.165) is 31.5 Å². The first-order chi connectivity index (χ1) is 11.6. The third-order valence-electron chi connectivity index (χ3n) is 4.22. The highest BCUT2D eigenvalue weighted by Gasteiger charge is 2.34. The van der Waals surface area contributed by atoms with Crippen molar-refractivity contribution in [2.75, 3.05) is 20.1 Å². The summed E-state index contributed by atoms with van der Waals surface area (Å²) in [4.78, 5) is 25.2. The quantitative estimate of drug-likeness (QED) is 0.454. The average molecular weight is 367 g/mol. The van der Waals surface area contributed by atoms with Gasteiger partial charge in [-0.05, 0) is 31.5 Å². The Morgan fingerprint density at radius 2 is 1.96 bits per heavy atom. The molecule has 1 fully saturated rings. The molecule has 24 heavy (non-hydrogen) atoms. The van der Waals surface area contributed by atoms with Crippen LogP contribution in [-0.4, -0.2) is 45.8 Å². The van der Waals surface area contributed by atoms with E-state index in [-0.39, 0.29) is 22.9 Å². The average Bonchev–Trinajstić information content (AvgIpc) is 2.62. The van der Waals surface area contributed by atoms with Crippen LogP contribution in [0.4, 0.5) is 5.69 Å². The van der Waals surface area contributed by atoms with Gasteiger partial charge in [0.1, 0.15) is 5.25 Å². The summed E-state index contributed by atoms with van der Waals surface area (Å²) >= 11 is 6.29. The van der Waals surface area contributed by atoms with Gasteiger partial charge in [0.2, 0.25) is 5.91 Å². The van der Waals surface area contributed by atoms with Crippen molar-refractivity contribution in [3.63, 3.8) is 0 Å². The Morgan fingerprint density at radius 3 is 2.46 bits per heavy atom. The summed E-state index contributed by atoms with van der Waals surface area (Å²) in [6, 6.07) is 6.33. The molecule has 130 valence electrons. The Labute approximate surface area is 151 Å². The number of non-ortho nitro benzene ring substituents is 1. The van der Waals surface area contributed by atoms with E-state index >= 15 is 0 Å².